The minimum absolute atomic E-state index is 0.0925. The van der Waals surface area contributed by atoms with Crippen LogP contribution in [0.1, 0.15) is 10.6 Å². The summed E-state index contributed by atoms with van der Waals surface area (Å²) in [5.74, 6) is -1.06. The lowest BCUT2D eigenvalue weighted by Crippen LogP contribution is -1.92. The van der Waals surface area contributed by atoms with Gasteiger partial charge in [-0.2, -0.15) is 0 Å². The van der Waals surface area contributed by atoms with Gasteiger partial charge in [0.05, 0.1) is 14.2 Å². The molecule has 0 radical (unpaired) electrons. The number of aromatic hydroxyl groups is 1. The molecular weight excluding hydrogens is 254 g/mol. The van der Waals surface area contributed by atoms with Gasteiger partial charge in [0, 0.05) is 17.7 Å². The van der Waals surface area contributed by atoms with Crippen molar-refractivity contribution >= 4 is 5.97 Å². The zero-order chi connectivity index (χ0) is 14.0. The number of benzene rings is 1. The maximum Gasteiger partial charge on any atom is 0.374 e. The minimum atomic E-state index is -1.22. The molecule has 1 heterocycles. The molecule has 19 heavy (non-hydrogen) atoms. The fourth-order valence-electron chi connectivity index (χ4n) is 1.58. The largest absolute Gasteiger partial charge is 0.504 e. The summed E-state index contributed by atoms with van der Waals surface area (Å²) >= 11 is 0. The Morgan fingerprint density at radius 1 is 1.21 bits per heavy atom. The van der Waals surface area contributed by atoms with Crippen LogP contribution in [0.5, 0.6) is 17.2 Å². The van der Waals surface area contributed by atoms with Gasteiger partial charge in [0.2, 0.25) is 5.76 Å². The number of phenols is 1. The number of aromatic nitrogens is 1. The van der Waals surface area contributed by atoms with Crippen LogP contribution in [0.2, 0.25) is 0 Å². The van der Waals surface area contributed by atoms with Crippen molar-refractivity contribution in [2.24, 2.45) is 0 Å². The van der Waals surface area contributed by atoms with Crippen LogP contribution in [0.15, 0.2) is 22.7 Å². The van der Waals surface area contributed by atoms with E-state index in [0.717, 1.165) is 0 Å². The molecule has 2 rings (SSSR count). The number of carbonyl (C=O) groups is 1. The average molecular weight is 265 g/mol. The number of carboxylic acid groups (broad SMARTS) is 1. The Bertz CT molecular complexity index is 619. The van der Waals surface area contributed by atoms with Gasteiger partial charge >= 0.3 is 5.97 Å². The highest BCUT2D eigenvalue weighted by Gasteiger charge is 2.18. The van der Waals surface area contributed by atoms with Crippen LogP contribution >= 0.6 is 0 Å². The molecule has 0 spiro atoms. The second kappa shape index (κ2) is 4.89. The summed E-state index contributed by atoms with van der Waals surface area (Å²) in [5, 5.41) is 22.1. The molecule has 0 fully saturated rings. The first kappa shape index (κ1) is 12.7. The lowest BCUT2D eigenvalue weighted by atomic mass is 10.1. The van der Waals surface area contributed by atoms with E-state index in [2.05, 4.69) is 9.68 Å². The zero-order valence-electron chi connectivity index (χ0n) is 10.2. The number of nitrogens with zero attached hydrogens (tertiary/aromatic N) is 1. The standard InChI is InChI=1S/C12H11NO6/c1-17-9-5-8(14)10(18-2)3-6(9)7-4-11(12(15)16)19-13-7/h3-5,14H,1-2H3,(H,15,16). The molecule has 0 amide bonds. The van der Waals surface area contributed by atoms with Gasteiger partial charge in [-0.15, -0.1) is 0 Å². The first-order chi connectivity index (χ1) is 9.06. The fraction of sp³-hybridized carbons (Fsp3) is 0.167. The molecule has 2 N–H and O–H groups in total. The third-order valence-corrected chi connectivity index (χ3v) is 2.50. The van der Waals surface area contributed by atoms with Crippen molar-refractivity contribution in [3.05, 3.63) is 24.0 Å². The van der Waals surface area contributed by atoms with Crippen molar-refractivity contribution in [1.29, 1.82) is 0 Å². The maximum absolute atomic E-state index is 10.7. The van der Waals surface area contributed by atoms with E-state index in [-0.39, 0.29) is 23.0 Å². The van der Waals surface area contributed by atoms with Gasteiger partial charge in [0.1, 0.15) is 11.4 Å². The van der Waals surface area contributed by atoms with E-state index in [0.29, 0.717) is 11.3 Å². The smallest absolute Gasteiger partial charge is 0.374 e. The van der Waals surface area contributed by atoms with E-state index >= 15 is 0 Å². The van der Waals surface area contributed by atoms with E-state index in [1.807, 2.05) is 0 Å². The van der Waals surface area contributed by atoms with Crippen LogP contribution < -0.4 is 9.47 Å². The number of hydrogen-bond donors (Lipinski definition) is 2. The number of rotatable bonds is 4. The summed E-state index contributed by atoms with van der Waals surface area (Å²) in [5.41, 5.74) is 0.723. The third-order valence-electron chi connectivity index (χ3n) is 2.50. The van der Waals surface area contributed by atoms with E-state index in [1.165, 1.54) is 32.4 Å². The normalized spacial score (nSPS) is 10.2. The molecule has 1 aromatic heterocycles. The molecular formula is C12H11NO6. The van der Waals surface area contributed by atoms with Gasteiger partial charge in [-0.3, -0.25) is 0 Å². The van der Waals surface area contributed by atoms with Crippen molar-refractivity contribution in [3.8, 4) is 28.5 Å². The second-order valence-electron chi connectivity index (χ2n) is 3.61. The molecule has 0 saturated carbocycles. The molecule has 2 aromatic rings. The summed E-state index contributed by atoms with van der Waals surface area (Å²) in [4.78, 5) is 10.7. The van der Waals surface area contributed by atoms with Crippen LogP contribution in [0, 0.1) is 0 Å². The van der Waals surface area contributed by atoms with Crippen LogP contribution in [0.3, 0.4) is 0 Å². The van der Waals surface area contributed by atoms with Gasteiger partial charge in [-0.1, -0.05) is 5.16 Å². The third kappa shape index (κ3) is 2.30. The van der Waals surface area contributed by atoms with Gasteiger partial charge in [0.15, 0.2) is 11.5 Å². The Morgan fingerprint density at radius 3 is 2.42 bits per heavy atom. The average Bonchev–Trinajstić information content (AvgIpc) is 2.88. The van der Waals surface area contributed by atoms with Crippen LogP contribution in [-0.4, -0.2) is 35.6 Å². The monoisotopic (exact) mass is 265 g/mol. The van der Waals surface area contributed by atoms with E-state index in [9.17, 15) is 9.90 Å². The predicted octanol–water partition coefficient (Wildman–Crippen LogP) is 1.76. The summed E-state index contributed by atoms with van der Waals surface area (Å²) < 4.78 is 14.8. The summed E-state index contributed by atoms with van der Waals surface area (Å²) in [6.45, 7) is 0. The van der Waals surface area contributed by atoms with Crippen molar-refractivity contribution in [2.45, 2.75) is 0 Å². The van der Waals surface area contributed by atoms with Gasteiger partial charge in [0.25, 0.3) is 0 Å². The molecule has 0 bridgehead atoms. The van der Waals surface area contributed by atoms with Crippen LogP contribution in [-0.2, 0) is 0 Å². The van der Waals surface area contributed by atoms with Crippen molar-refractivity contribution < 1.29 is 29.0 Å². The highest BCUT2D eigenvalue weighted by molar-refractivity contribution is 5.86. The Labute approximate surface area is 108 Å². The molecule has 1 aromatic carbocycles. The summed E-state index contributed by atoms with van der Waals surface area (Å²) in [6, 6.07) is 4.09. The topological polar surface area (TPSA) is 102 Å². The van der Waals surface area contributed by atoms with Gasteiger partial charge < -0.3 is 24.2 Å². The Kier molecular flexibility index (Phi) is 3.28. The lowest BCUT2D eigenvalue weighted by Gasteiger charge is -2.09. The number of hydrogen-bond acceptors (Lipinski definition) is 6. The number of ether oxygens (including phenoxy) is 2. The minimum Gasteiger partial charge on any atom is -0.504 e. The molecule has 0 atom stereocenters. The van der Waals surface area contributed by atoms with Crippen LogP contribution in [0.4, 0.5) is 0 Å². The Morgan fingerprint density at radius 2 is 1.89 bits per heavy atom. The summed E-state index contributed by atoms with van der Waals surface area (Å²) in [7, 11) is 2.82. The second-order valence-corrected chi connectivity index (χ2v) is 3.61. The molecule has 0 aliphatic heterocycles. The number of aromatic carboxylic acids is 1. The molecule has 0 saturated heterocycles. The zero-order valence-corrected chi connectivity index (χ0v) is 10.2. The first-order valence-corrected chi connectivity index (χ1v) is 5.22. The molecule has 0 aliphatic rings. The molecule has 7 heteroatoms. The SMILES string of the molecule is COc1cc(-c2cc(C(=O)O)on2)c(OC)cc1O. The Balaban J connectivity index is 2.55. The van der Waals surface area contributed by atoms with Crippen molar-refractivity contribution in [3.63, 3.8) is 0 Å². The van der Waals surface area contributed by atoms with Crippen LogP contribution in [0.25, 0.3) is 11.3 Å². The van der Waals surface area contributed by atoms with E-state index < -0.39 is 5.97 Å². The molecule has 0 aliphatic carbocycles. The Hall–Kier alpha value is -2.70. The molecule has 0 unspecified atom stereocenters. The number of methoxy groups -OCH3 is 2. The summed E-state index contributed by atoms with van der Waals surface area (Å²) in [6.07, 6.45) is 0. The number of carboxylic acids is 1. The lowest BCUT2D eigenvalue weighted by molar-refractivity contribution is 0.0652. The van der Waals surface area contributed by atoms with Gasteiger partial charge in [-0.05, 0) is 6.07 Å². The highest BCUT2D eigenvalue weighted by atomic mass is 16.5. The van der Waals surface area contributed by atoms with Gasteiger partial charge in [-0.25, -0.2) is 4.79 Å². The predicted molar refractivity (Wildman–Crippen MR) is 63.7 cm³/mol. The van der Waals surface area contributed by atoms with E-state index in [1.54, 1.807) is 0 Å². The highest BCUT2D eigenvalue weighted by Crippen LogP contribution is 2.39. The maximum atomic E-state index is 10.7. The van der Waals surface area contributed by atoms with E-state index in [4.69, 9.17) is 14.6 Å². The quantitative estimate of drug-likeness (QED) is 0.868. The molecule has 7 nitrogen and oxygen atoms in total. The van der Waals surface area contributed by atoms with Crippen molar-refractivity contribution in [1.82, 2.24) is 5.16 Å². The number of phenolic OH excluding ortho intramolecular Hbond substituents is 1. The fourth-order valence-corrected chi connectivity index (χ4v) is 1.58. The molecule has 100 valence electrons. The first-order valence-electron chi connectivity index (χ1n) is 5.22. The van der Waals surface area contributed by atoms with Crippen molar-refractivity contribution in [2.75, 3.05) is 14.2 Å².